The van der Waals surface area contributed by atoms with E-state index in [2.05, 4.69) is 4.42 Å². The smallest absolute Gasteiger partial charge is 0.450 e. The number of hydrogen-bond donors (Lipinski definition) is 0. The van der Waals surface area contributed by atoms with Gasteiger partial charge in [0.1, 0.15) is 5.60 Å². The van der Waals surface area contributed by atoms with Crippen molar-refractivity contribution in [3.63, 3.8) is 0 Å². The van der Waals surface area contributed by atoms with Crippen molar-refractivity contribution >= 4 is 11.8 Å². The Morgan fingerprint density at radius 3 is 2.05 bits per heavy atom. The molecule has 0 bridgehead atoms. The van der Waals surface area contributed by atoms with E-state index in [1.807, 2.05) is 0 Å². The molecule has 0 saturated heterocycles. The van der Waals surface area contributed by atoms with Crippen molar-refractivity contribution in [1.82, 2.24) is 0 Å². The number of alkyl halides is 3. The summed E-state index contributed by atoms with van der Waals surface area (Å²) in [6.45, 7) is 5.64. The van der Waals surface area contributed by atoms with Crippen molar-refractivity contribution in [2.24, 2.45) is 0 Å². The zero-order chi connectivity index (χ0) is 15.0. The van der Waals surface area contributed by atoms with Gasteiger partial charge >= 0.3 is 12.1 Å². The van der Waals surface area contributed by atoms with E-state index in [0.29, 0.717) is 0 Å². The van der Waals surface area contributed by atoms with Gasteiger partial charge in [-0.25, -0.2) is 4.79 Å². The minimum absolute atomic E-state index is 0.646. The Hall–Kier alpha value is -1.79. The summed E-state index contributed by atoms with van der Waals surface area (Å²) in [5.74, 6) is -4.02. The van der Waals surface area contributed by atoms with Crippen LogP contribution in [-0.4, -0.2) is 17.4 Å². The number of Topliss-reactive ketones (excluding diaryl/α,β-unsaturated/α-hetero) is 1. The topological polar surface area (TPSA) is 56.5 Å². The SMILES string of the molecule is CC(=O)c1cc(C(=O)OC(C)(C)C)oc1C(F)(F)F. The van der Waals surface area contributed by atoms with Crippen LogP contribution in [0.4, 0.5) is 13.2 Å². The molecule has 0 atom stereocenters. The highest BCUT2D eigenvalue weighted by Crippen LogP contribution is 2.34. The van der Waals surface area contributed by atoms with E-state index in [0.717, 1.165) is 13.0 Å². The van der Waals surface area contributed by atoms with Gasteiger partial charge in [-0.1, -0.05) is 0 Å². The van der Waals surface area contributed by atoms with Crippen LogP contribution >= 0.6 is 0 Å². The lowest BCUT2D eigenvalue weighted by atomic mass is 10.1. The molecule has 4 nitrogen and oxygen atoms in total. The second-order valence-corrected chi connectivity index (χ2v) is 4.91. The second kappa shape index (κ2) is 4.71. The Labute approximate surface area is 107 Å². The zero-order valence-electron chi connectivity index (χ0n) is 10.8. The molecular weight excluding hydrogens is 265 g/mol. The Morgan fingerprint density at radius 2 is 1.74 bits per heavy atom. The summed E-state index contributed by atoms with van der Waals surface area (Å²) < 4.78 is 47.2. The fourth-order valence-corrected chi connectivity index (χ4v) is 1.29. The highest BCUT2D eigenvalue weighted by atomic mass is 19.4. The van der Waals surface area contributed by atoms with Crippen molar-refractivity contribution in [2.75, 3.05) is 0 Å². The van der Waals surface area contributed by atoms with Gasteiger partial charge in [0, 0.05) is 6.07 Å². The first-order valence-electron chi connectivity index (χ1n) is 5.37. The van der Waals surface area contributed by atoms with Gasteiger partial charge in [-0.3, -0.25) is 4.79 Å². The first-order valence-corrected chi connectivity index (χ1v) is 5.37. The summed E-state index contributed by atoms with van der Waals surface area (Å²) in [6.07, 6.45) is -4.85. The molecule has 0 amide bonds. The Balaban J connectivity index is 3.19. The maximum absolute atomic E-state index is 12.6. The summed E-state index contributed by atoms with van der Waals surface area (Å²) in [4.78, 5) is 22.7. The fraction of sp³-hybridized carbons (Fsp3) is 0.500. The third kappa shape index (κ3) is 3.84. The number of ketones is 1. The number of halogens is 3. The van der Waals surface area contributed by atoms with Crippen LogP contribution in [-0.2, 0) is 10.9 Å². The van der Waals surface area contributed by atoms with Crippen molar-refractivity contribution < 1.29 is 31.9 Å². The largest absolute Gasteiger partial charge is 0.454 e. The van der Waals surface area contributed by atoms with Gasteiger partial charge in [0.25, 0.3) is 0 Å². The van der Waals surface area contributed by atoms with Crippen LogP contribution in [0.15, 0.2) is 10.5 Å². The third-order valence-corrected chi connectivity index (χ3v) is 1.97. The van der Waals surface area contributed by atoms with E-state index < -0.39 is 40.6 Å². The Kier molecular flexibility index (Phi) is 3.79. The average molecular weight is 278 g/mol. The number of rotatable bonds is 2. The monoisotopic (exact) mass is 278 g/mol. The van der Waals surface area contributed by atoms with E-state index >= 15 is 0 Å². The molecule has 0 aliphatic heterocycles. The highest BCUT2D eigenvalue weighted by Gasteiger charge is 2.40. The predicted octanol–water partition coefficient (Wildman–Crippen LogP) is 3.46. The number of ether oxygens (including phenoxy) is 1. The zero-order valence-corrected chi connectivity index (χ0v) is 10.8. The van der Waals surface area contributed by atoms with Crippen LogP contribution in [0.2, 0.25) is 0 Å². The van der Waals surface area contributed by atoms with Gasteiger partial charge in [0.05, 0.1) is 5.56 Å². The van der Waals surface area contributed by atoms with Crippen LogP contribution < -0.4 is 0 Å². The van der Waals surface area contributed by atoms with Crippen molar-refractivity contribution in [1.29, 1.82) is 0 Å². The molecule has 0 saturated carbocycles. The Bertz CT molecular complexity index is 506. The van der Waals surface area contributed by atoms with Crippen molar-refractivity contribution in [2.45, 2.75) is 39.5 Å². The standard InChI is InChI=1S/C12H13F3O4/c1-6(16)7-5-8(10(17)19-11(2,3)4)18-9(7)12(13,14)15/h5H,1-4H3. The lowest BCUT2D eigenvalue weighted by Crippen LogP contribution is -2.23. The Morgan fingerprint density at radius 1 is 1.21 bits per heavy atom. The molecule has 7 heteroatoms. The van der Waals surface area contributed by atoms with Gasteiger partial charge in [-0.05, 0) is 27.7 Å². The molecule has 1 heterocycles. The van der Waals surface area contributed by atoms with Crippen LogP contribution in [0.1, 0.15) is 54.4 Å². The maximum Gasteiger partial charge on any atom is 0.450 e. The van der Waals surface area contributed by atoms with Gasteiger partial charge in [-0.15, -0.1) is 0 Å². The third-order valence-electron chi connectivity index (χ3n) is 1.97. The fourth-order valence-electron chi connectivity index (χ4n) is 1.29. The molecule has 0 aromatic carbocycles. The molecule has 0 radical (unpaired) electrons. The second-order valence-electron chi connectivity index (χ2n) is 4.91. The van der Waals surface area contributed by atoms with Crippen molar-refractivity contribution in [3.8, 4) is 0 Å². The molecule has 0 N–H and O–H groups in total. The molecule has 1 rings (SSSR count). The predicted molar refractivity (Wildman–Crippen MR) is 58.9 cm³/mol. The van der Waals surface area contributed by atoms with Gasteiger partial charge < -0.3 is 9.15 Å². The summed E-state index contributed by atoms with van der Waals surface area (Å²) in [6, 6.07) is 0.749. The summed E-state index contributed by atoms with van der Waals surface area (Å²) in [5.41, 5.74) is -1.56. The number of furan rings is 1. The van der Waals surface area contributed by atoms with Gasteiger partial charge in [0.2, 0.25) is 11.5 Å². The van der Waals surface area contributed by atoms with Crippen LogP contribution in [0.25, 0.3) is 0 Å². The number of esters is 1. The molecule has 0 unspecified atom stereocenters. The van der Waals surface area contributed by atoms with Gasteiger partial charge in [0.15, 0.2) is 5.78 Å². The quantitative estimate of drug-likeness (QED) is 0.614. The lowest BCUT2D eigenvalue weighted by molar-refractivity contribution is -0.153. The minimum atomic E-state index is -4.85. The number of carbonyl (C=O) groups is 2. The first-order chi connectivity index (χ1) is 8.42. The number of hydrogen-bond acceptors (Lipinski definition) is 4. The number of carbonyl (C=O) groups excluding carboxylic acids is 2. The normalized spacial score (nSPS) is 12.4. The van der Waals surface area contributed by atoms with Crippen LogP contribution in [0, 0.1) is 0 Å². The van der Waals surface area contributed by atoms with E-state index in [4.69, 9.17) is 4.74 Å². The molecule has 0 fully saturated rings. The minimum Gasteiger partial charge on any atom is -0.454 e. The van der Waals surface area contributed by atoms with Crippen LogP contribution in [0.5, 0.6) is 0 Å². The molecule has 1 aromatic rings. The maximum atomic E-state index is 12.6. The molecule has 1 aromatic heterocycles. The molecule has 0 aliphatic carbocycles. The molecule has 19 heavy (non-hydrogen) atoms. The first kappa shape index (κ1) is 15.3. The van der Waals surface area contributed by atoms with Gasteiger partial charge in [-0.2, -0.15) is 13.2 Å². The molecular formula is C12H13F3O4. The average Bonchev–Trinajstić information content (AvgIpc) is 2.57. The summed E-state index contributed by atoms with van der Waals surface area (Å²) in [5, 5.41) is 0. The lowest BCUT2D eigenvalue weighted by Gasteiger charge is -2.18. The molecule has 0 spiro atoms. The van der Waals surface area contributed by atoms with E-state index in [-0.39, 0.29) is 0 Å². The molecule has 106 valence electrons. The highest BCUT2D eigenvalue weighted by molar-refractivity contribution is 5.98. The molecule has 0 aliphatic rings. The summed E-state index contributed by atoms with van der Waals surface area (Å²) in [7, 11) is 0. The van der Waals surface area contributed by atoms with E-state index in [9.17, 15) is 22.8 Å². The van der Waals surface area contributed by atoms with E-state index in [1.165, 1.54) is 0 Å². The van der Waals surface area contributed by atoms with Crippen LogP contribution in [0.3, 0.4) is 0 Å². The van der Waals surface area contributed by atoms with Crippen molar-refractivity contribution in [3.05, 3.63) is 23.2 Å². The van der Waals surface area contributed by atoms with E-state index in [1.54, 1.807) is 20.8 Å². The summed E-state index contributed by atoms with van der Waals surface area (Å²) >= 11 is 0.